The van der Waals surface area contributed by atoms with Crippen LogP contribution in [-0.4, -0.2) is 46.8 Å². The van der Waals surface area contributed by atoms with Crippen molar-refractivity contribution in [1.82, 2.24) is 4.90 Å². The minimum absolute atomic E-state index is 0.00912. The van der Waals surface area contributed by atoms with E-state index in [2.05, 4.69) is 11.8 Å². The maximum atomic E-state index is 10.7. The lowest BCUT2D eigenvalue weighted by Gasteiger charge is -2.23. The number of ether oxygens (including phenoxy) is 1. The second-order valence-corrected chi connectivity index (χ2v) is 5.04. The Morgan fingerprint density at radius 3 is 2.90 bits per heavy atom. The zero-order valence-electron chi connectivity index (χ0n) is 11.6. The molecule has 6 nitrogen and oxygen atoms in total. The topological polar surface area (TPSA) is 75.8 Å². The van der Waals surface area contributed by atoms with Gasteiger partial charge in [-0.1, -0.05) is 13.0 Å². The largest absolute Gasteiger partial charge is 0.491 e. The van der Waals surface area contributed by atoms with E-state index < -0.39 is 11.0 Å². The van der Waals surface area contributed by atoms with Gasteiger partial charge in [0, 0.05) is 18.7 Å². The summed E-state index contributed by atoms with van der Waals surface area (Å²) >= 11 is 0. The summed E-state index contributed by atoms with van der Waals surface area (Å²) in [6, 6.07) is 6.61. The normalized spacial score (nSPS) is 16.1. The van der Waals surface area contributed by atoms with Crippen LogP contribution in [0.3, 0.4) is 0 Å². The summed E-state index contributed by atoms with van der Waals surface area (Å²) in [6.07, 6.45) is 1.81. The molecule has 1 saturated carbocycles. The Hall–Kier alpha value is -1.66. The monoisotopic (exact) mass is 280 g/mol. The molecule has 0 amide bonds. The molecule has 110 valence electrons. The van der Waals surface area contributed by atoms with Crippen molar-refractivity contribution >= 4 is 5.69 Å². The molecule has 0 aliphatic heterocycles. The van der Waals surface area contributed by atoms with Gasteiger partial charge in [-0.3, -0.25) is 15.0 Å². The average Bonchev–Trinajstić information content (AvgIpc) is 3.27. The third kappa shape index (κ3) is 4.18. The molecule has 1 atom stereocenters. The zero-order valence-corrected chi connectivity index (χ0v) is 11.6. The van der Waals surface area contributed by atoms with E-state index in [1.54, 1.807) is 12.1 Å². The van der Waals surface area contributed by atoms with Crippen molar-refractivity contribution in [2.24, 2.45) is 0 Å². The highest BCUT2D eigenvalue weighted by atomic mass is 16.6. The van der Waals surface area contributed by atoms with Gasteiger partial charge in [0.15, 0.2) is 0 Å². The summed E-state index contributed by atoms with van der Waals surface area (Å²) in [5.41, 5.74) is -0.00912. The summed E-state index contributed by atoms with van der Waals surface area (Å²) < 4.78 is 5.42. The lowest BCUT2D eigenvalue weighted by Crippen LogP contribution is -2.36. The number of hydrogen-bond donors (Lipinski definition) is 1. The second-order valence-electron chi connectivity index (χ2n) is 5.04. The fourth-order valence-corrected chi connectivity index (χ4v) is 2.18. The fraction of sp³-hybridized carbons (Fsp3) is 0.571. The van der Waals surface area contributed by atoms with Gasteiger partial charge >= 0.3 is 0 Å². The smallest absolute Gasteiger partial charge is 0.273 e. The Morgan fingerprint density at radius 1 is 1.55 bits per heavy atom. The van der Waals surface area contributed by atoms with Crippen LogP contribution in [-0.2, 0) is 0 Å². The summed E-state index contributed by atoms with van der Waals surface area (Å²) in [6.45, 7) is 3.71. The first-order chi connectivity index (χ1) is 9.60. The number of nitrogens with zero attached hydrogens (tertiary/aromatic N) is 2. The van der Waals surface area contributed by atoms with Crippen molar-refractivity contribution < 1.29 is 14.8 Å². The van der Waals surface area contributed by atoms with Crippen LogP contribution in [0.4, 0.5) is 5.69 Å². The zero-order chi connectivity index (χ0) is 14.5. The second kappa shape index (κ2) is 6.67. The molecular formula is C14H20N2O4. The number of benzene rings is 1. The van der Waals surface area contributed by atoms with E-state index in [4.69, 9.17) is 4.74 Å². The van der Waals surface area contributed by atoms with Gasteiger partial charge in [0.05, 0.1) is 11.0 Å². The quantitative estimate of drug-likeness (QED) is 0.580. The molecule has 1 N–H and O–H groups in total. The van der Waals surface area contributed by atoms with Gasteiger partial charge in [-0.05, 0) is 25.5 Å². The van der Waals surface area contributed by atoms with E-state index in [-0.39, 0.29) is 12.3 Å². The van der Waals surface area contributed by atoms with Crippen LogP contribution in [0, 0.1) is 10.1 Å². The number of rotatable bonds is 8. The van der Waals surface area contributed by atoms with Crippen LogP contribution in [0.25, 0.3) is 0 Å². The van der Waals surface area contributed by atoms with Gasteiger partial charge in [-0.25, -0.2) is 0 Å². The predicted molar refractivity (Wildman–Crippen MR) is 74.9 cm³/mol. The molecule has 1 aliphatic carbocycles. The molecule has 2 rings (SSSR count). The van der Waals surface area contributed by atoms with E-state index in [0.29, 0.717) is 18.3 Å². The van der Waals surface area contributed by atoms with Gasteiger partial charge in [0.25, 0.3) is 5.69 Å². The van der Waals surface area contributed by atoms with Crippen LogP contribution in [0.2, 0.25) is 0 Å². The van der Waals surface area contributed by atoms with Gasteiger partial charge in [0.2, 0.25) is 0 Å². The van der Waals surface area contributed by atoms with Crippen molar-refractivity contribution in [3.8, 4) is 5.75 Å². The van der Waals surface area contributed by atoms with E-state index in [1.807, 2.05) is 0 Å². The Labute approximate surface area is 118 Å². The molecule has 0 radical (unpaired) electrons. The molecule has 20 heavy (non-hydrogen) atoms. The molecule has 0 heterocycles. The molecule has 0 bridgehead atoms. The van der Waals surface area contributed by atoms with Crippen molar-refractivity contribution in [1.29, 1.82) is 0 Å². The summed E-state index contributed by atoms with van der Waals surface area (Å²) in [5.74, 6) is 0.410. The first kappa shape index (κ1) is 14.7. The summed E-state index contributed by atoms with van der Waals surface area (Å²) in [4.78, 5) is 12.4. The maximum Gasteiger partial charge on any atom is 0.273 e. The van der Waals surface area contributed by atoms with Crippen LogP contribution >= 0.6 is 0 Å². The lowest BCUT2D eigenvalue weighted by molar-refractivity contribution is -0.384. The summed E-state index contributed by atoms with van der Waals surface area (Å²) in [7, 11) is 0. The fourth-order valence-electron chi connectivity index (χ4n) is 2.18. The van der Waals surface area contributed by atoms with Crippen molar-refractivity contribution in [2.45, 2.75) is 31.9 Å². The van der Waals surface area contributed by atoms with Gasteiger partial charge < -0.3 is 9.84 Å². The van der Waals surface area contributed by atoms with Crippen molar-refractivity contribution in [3.05, 3.63) is 34.4 Å². The lowest BCUT2D eigenvalue weighted by atomic mass is 10.3. The van der Waals surface area contributed by atoms with Crippen LogP contribution in [0.1, 0.15) is 19.8 Å². The first-order valence-electron chi connectivity index (χ1n) is 6.89. The summed E-state index contributed by atoms with van der Waals surface area (Å²) in [5, 5.41) is 20.6. The molecular weight excluding hydrogens is 260 g/mol. The van der Waals surface area contributed by atoms with E-state index in [0.717, 1.165) is 6.54 Å². The van der Waals surface area contributed by atoms with Crippen LogP contribution < -0.4 is 4.74 Å². The van der Waals surface area contributed by atoms with E-state index in [1.165, 1.54) is 25.0 Å². The molecule has 1 aromatic carbocycles. The SMILES string of the molecule is CCN(CC(O)COc1cccc([N+](=O)[O-])c1)C1CC1. The first-order valence-corrected chi connectivity index (χ1v) is 6.89. The third-order valence-electron chi connectivity index (χ3n) is 3.39. The van der Waals surface area contributed by atoms with Crippen LogP contribution in [0.5, 0.6) is 5.75 Å². The molecule has 0 aromatic heterocycles. The molecule has 6 heteroatoms. The number of likely N-dealkylation sites (N-methyl/N-ethyl adjacent to an activating group) is 1. The molecule has 0 saturated heterocycles. The van der Waals surface area contributed by atoms with E-state index >= 15 is 0 Å². The molecule has 1 unspecified atom stereocenters. The number of hydrogen-bond acceptors (Lipinski definition) is 5. The van der Waals surface area contributed by atoms with E-state index in [9.17, 15) is 15.2 Å². The Balaban J connectivity index is 1.81. The van der Waals surface area contributed by atoms with Crippen LogP contribution in [0.15, 0.2) is 24.3 Å². The molecule has 1 fully saturated rings. The molecule has 1 aromatic rings. The highest BCUT2D eigenvalue weighted by Crippen LogP contribution is 2.26. The predicted octanol–water partition coefficient (Wildman–Crippen LogP) is 1.82. The standard InChI is InChI=1S/C14H20N2O4/c1-2-15(11-6-7-11)9-13(17)10-20-14-5-3-4-12(8-14)16(18)19/h3-5,8,11,13,17H,2,6-7,9-10H2,1H3. The Kier molecular flexibility index (Phi) is 4.92. The molecule has 0 spiro atoms. The minimum atomic E-state index is -0.588. The number of nitro groups is 1. The van der Waals surface area contributed by atoms with Crippen molar-refractivity contribution in [3.63, 3.8) is 0 Å². The van der Waals surface area contributed by atoms with Gasteiger partial charge in [-0.2, -0.15) is 0 Å². The maximum absolute atomic E-state index is 10.7. The number of nitro benzene ring substituents is 1. The number of aliphatic hydroxyl groups is 1. The number of aliphatic hydroxyl groups excluding tert-OH is 1. The van der Waals surface area contributed by atoms with Crippen molar-refractivity contribution in [2.75, 3.05) is 19.7 Å². The highest BCUT2D eigenvalue weighted by Gasteiger charge is 2.29. The van der Waals surface area contributed by atoms with Gasteiger partial charge in [-0.15, -0.1) is 0 Å². The van der Waals surface area contributed by atoms with Gasteiger partial charge in [0.1, 0.15) is 18.5 Å². The third-order valence-corrected chi connectivity index (χ3v) is 3.39. The average molecular weight is 280 g/mol. The molecule has 1 aliphatic rings. The Morgan fingerprint density at radius 2 is 2.30 bits per heavy atom. The highest BCUT2D eigenvalue weighted by molar-refractivity contribution is 5.37. The Bertz CT molecular complexity index is 462. The number of non-ortho nitro benzene ring substituents is 1. The minimum Gasteiger partial charge on any atom is -0.491 e.